The first-order valence-corrected chi connectivity index (χ1v) is 9.04. The maximum Gasteiger partial charge on any atom is 0.357 e. The summed E-state index contributed by atoms with van der Waals surface area (Å²) in [7, 11) is 1.27. The van der Waals surface area contributed by atoms with Crippen LogP contribution in [-0.4, -0.2) is 33.6 Å². The quantitative estimate of drug-likeness (QED) is 0.665. The molecular formula is C20H14N2O5S. The molecule has 0 fully saturated rings. The highest BCUT2D eigenvalue weighted by atomic mass is 32.1. The highest BCUT2D eigenvalue weighted by molar-refractivity contribution is 7.10. The summed E-state index contributed by atoms with van der Waals surface area (Å²) in [5.74, 6) is -0.815. The summed E-state index contributed by atoms with van der Waals surface area (Å²) in [6.45, 7) is 0. The zero-order valence-electron chi connectivity index (χ0n) is 14.6. The van der Waals surface area contributed by atoms with Gasteiger partial charge >= 0.3 is 10.8 Å². The van der Waals surface area contributed by atoms with Gasteiger partial charge in [0.25, 0.3) is 0 Å². The van der Waals surface area contributed by atoms with Crippen molar-refractivity contribution in [3.05, 3.63) is 68.6 Å². The molecule has 2 aromatic carbocycles. The molecule has 1 aliphatic heterocycles. The number of nitrogens with zero attached hydrogens (tertiary/aromatic N) is 2. The molecule has 7 nitrogen and oxygen atoms in total. The Hall–Kier alpha value is -3.65. The fourth-order valence-corrected chi connectivity index (χ4v) is 3.77. The number of para-hydroxylation sites is 1. The number of thiazole rings is 1. The molecule has 0 amide bonds. The van der Waals surface area contributed by atoms with Crippen LogP contribution in [-0.2, 0) is 9.53 Å². The molecule has 4 rings (SSSR count). The Balaban J connectivity index is 1.86. The number of ether oxygens (including phenoxy) is 1. The first-order chi connectivity index (χ1) is 13.5. The molecule has 0 radical (unpaired) electrons. The second-order valence-corrected chi connectivity index (χ2v) is 6.93. The number of methoxy groups -OCH3 is 1. The van der Waals surface area contributed by atoms with Gasteiger partial charge in [-0.15, -0.1) is 0 Å². The number of hydrogen-bond donors (Lipinski definition) is 2. The second-order valence-electron chi connectivity index (χ2n) is 5.93. The van der Waals surface area contributed by atoms with Crippen molar-refractivity contribution in [3.63, 3.8) is 0 Å². The van der Waals surface area contributed by atoms with Gasteiger partial charge in [0.2, 0.25) is 5.88 Å². The lowest BCUT2D eigenvalue weighted by Gasteiger charge is -2.05. The van der Waals surface area contributed by atoms with Gasteiger partial charge in [-0.2, -0.15) is 0 Å². The van der Waals surface area contributed by atoms with Crippen molar-refractivity contribution in [3.8, 4) is 17.3 Å². The second kappa shape index (κ2) is 6.82. The fraction of sp³-hybridized carbons (Fsp3) is 0.0500. The van der Waals surface area contributed by atoms with Crippen molar-refractivity contribution < 1.29 is 19.7 Å². The van der Waals surface area contributed by atoms with Crippen molar-refractivity contribution in [2.75, 3.05) is 7.11 Å². The number of hydrogen-bond acceptors (Lipinski definition) is 7. The van der Waals surface area contributed by atoms with Crippen LogP contribution in [0.4, 0.5) is 5.69 Å². The van der Waals surface area contributed by atoms with Crippen LogP contribution in [0.3, 0.4) is 0 Å². The van der Waals surface area contributed by atoms with Gasteiger partial charge in [0.1, 0.15) is 5.75 Å². The molecule has 140 valence electrons. The van der Waals surface area contributed by atoms with Crippen LogP contribution < -0.4 is 4.87 Å². The monoisotopic (exact) mass is 394 g/mol. The Morgan fingerprint density at radius 3 is 2.57 bits per heavy atom. The zero-order chi connectivity index (χ0) is 19.8. The Kier molecular flexibility index (Phi) is 4.32. The zero-order valence-corrected chi connectivity index (χ0v) is 15.4. The molecule has 0 spiro atoms. The van der Waals surface area contributed by atoms with Crippen LogP contribution in [0.15, 0.2) is 58.3 Å². The summed E-state index contributed by atoms with van der Waals surface area (Å²) >= 11 is 0.834. The molecule has 2 N–H and O–H groups in total. The highest BCUT2D eigenvalue weighted by Gasteiger charge is 2.28. The SMILES string of the molecule is COC(=O)C1=Nc2ccccc2/C1=C\c1sc(=O)n(-c2ccc(O)cc2)c1O. The van der Waals surface area contributed by atoms with Crippen molar-refractivity contribution in [1.82, 2.24) is 4.57 Å². The number of rotatable bonds is 3. The molecule has 0 aliphatic carbocycles. The van der Waals surface area contributed by atoms with Crippen LogP contribution in [0.25, 0.3) is 17.3 Å². The maximum absolute atomic E-state index is 12.4. The number of benzene rings is 2. The number of fused-ring (bicyclic) bond motifs is 1. The van der Waals surface area contributed by atoms with E-state index in [9.17, 15) is 19.8 Å². The normalized spacial score (nSPS) is 14.0. The summed E-state index contributed by atoms with van der Waals surface area (Å²) < 4.78 is 5.94. The number of carbonyl (C=O) groups is 1. The molecule has 0 saturated carbocycles. The molecule has 28 heavy (non-hydrogen) atoms. The molecule has 1 aromatic heterocycles. The number of aromatic hydroxyl groups is 2. The van der Waals surface area contributed by atoms with Gasteiger partial charge in [-0.05, 0) is 36.4 Å². The fourth-order valence-electron chi connectivity index (χ4n) is 2.94. The van der Waals surface area contributed by atoms with Crippen LogP contribution in [0.5, 0.6) is 11.6 Å². The van der Waals surface area contributed by atoms with Gasteiger partial charge < -0.3 is 14.9 Å². The minimum atomic E-state index is -0.604. The summed E-state index contributed by atoms with van der Waals surface area (Å²) in [5, 5.41) is 20.1. The molecule has 0 bridgehead atoms. The molecule has 0 atom stereocenters. The minimum Gasteiger partial charge on any atom is -0.508 e. The third kappa shape index (κ3) is 2.89. The van der Waals surface area contributed by atoms with Gasteiger partial charge in [-0.1, -0.05) is 29.5 Å². The van der Waals surface area contributed by atoms with Crippen molar-refractivity contribution in [1.29, 1.82) is 0 Å². The average molecular weight is 394 g/mol. The van der Waals surface area contributed by atoms with Gasteiger partial charge in [0, 0.05) is 11.1 Å². The van der Waals surface area contributed by atoms with Crippen LogP contribution in [0, 0.1) is 0 Å². The predicted octanol–water partition coefficient (Wildman–Crippen LogP) is 3.11. The Labute approximate surface area is 163 Å². The summed E-state index contributed by atoms with van der Waals surface area (Å²) in [6.07, 6.45) is 1.56. The predicted molar refractivity (Wildman–Crippen MR) is 107 cm³/mol. The number of esters is 1. The van der Waals surface area contributed by atoms with Gasteiger partial charge in [0.05, 0.1) is 23.4 Å². The van der Waals surface area contributed by atoms with E-state index in [-0.39, 0.29) is 22.2 Å². The lowest BCUT2D eigenvalue weighted by atomic mass is 10.0. The third-order valence-electron chi connectivity index (χ3n) is 4.26. The summed E-state index contributed by atoms with van der Waals surface area (Å²) in [6, 6.07) is 13.1. The summed E-state index contributed by atoms with van der Waals surface area (Å²) in [5.41, 5.74) is 2.31. The Morgan fingerprint density at radius 1 is 1.14 bits per heavy atom. The van der Waals surface area contributed by atoms with Crippen molar-refractivity contribution in [2.45, 2.75) is 0 Å². The number of phenolic OH excluding ortho intramolecular Hbond substituents is 1. The molecule has 3 aromatic rings. The first-order valence-electron chi connectivity index (χ1n) is 8.22. The van der Waals surface area contributed by atoms with E-state index in [1.165, 1.54) is 31.4 Å². The number of aromatic nitrogens is 1. The van der Waals surface area contributed by atoms with Crippen molar-refractivity contribution in [2.24, 2.45) is 4.99 Å². The summed E-state index contributed by atoms with van der Waals surface area (Å²) in [4.78, 5) is 28.8. The van der Waals surface area contributed by atoms with Crippen LogP contribution in [0.2, 0.25) is 0 Å². The average Bonchev–Trinajstić information content (AvgIpc) is 3.20. The number of phenols is 1. The van der Waals surface area contributed by atoms with Gasteiger partial charge in [-0.3, -0.25) is 4.79 Å². The molecular weight excluding hydrogens is 380 g/mol. The van der Waals surface area contributed by atoms with Gasteiger partial charge in [0.15, 0.2) is 5.71 Å². The molecule has 8 heteroatoms. The van der Waals surface area contributed by atoms with E-state index in [0.717, 1.165) is 15.9 Å². The topological polar surface area (TPSA) is 101 Å². The lowest BCUT2D eigenvalue weighted by Crippen LogP contribution is -2.14. The van der Waals surface area contributed by atoms with E-state index in [1.54, 1.807) is 24.3 Å². The van der Waals surface area contributed by atoms with Crippen LogP contribution in [0.1, 0.15) is 10.4 Å². The van der Waals surface area contributed by atoms with Gasteiger partial charge in [-0.25, -0.2) is 14.4 Å². The van der Waals surface area contributed by atoms with E-state index in [4.69, 9.17) is 4.74 Å². The third-order valence-corrected chi connectivity index (χ3v) is 5.13. The molecule has 2 heterocycles. The van der Waals surface area contributed by atoms with E-state index in [0.29, 0.717) is 22.5 Å². The van der Waals surface area contributed by atoms with Crippen LogP contribution >= 0.6 is 11.3 Å². The molecule has 0 saturated heterocycles. The Bertz CT molecular complexity index is 1200. The standard InChI is InChI=1S/C20H14N2O5S/c1-27-19(25)17-14(13-4-2-3-5-15(13)21-17)10-16-18(24)22(20(26)28-16)11-6-8-12(23)9-7-11/h2-10,23-24H,1H3/b14-10+. The number of carbonyl (C=O) groups excluding carboxylic acids is 1. The highest BCUT2D eigenvalue weighted by Crippen LogP contribution is 2.38. The minimum absolute atomic E-state index is 0.0513. The number of aliphatic imine (C=N–C) groups is 1. The first kappa shape index (κ1) is 17.7. The van der Waals surface area contributed by atoms with E-state index in [1.807, 2.05) is 6.07 Å². The molecule has 0 unspecified atom stereocenters. The molecule has 1 aliphatic rings. The maximum atomic E-state index is 12.4. The lowest BCUT2D eigenvalue weighted by molar-refractivity contribution is -0.132. The largest absolute Gasteiger partial charge is 0.508 e. The van der Waals surface area contributed by atoms with Crippen molar-refractivity contribution >= 4 is 40.4 Å². The smallest absolute Gasteiger partial charge is 0.357 e. The Morgan fingerprint density at radius 2 is 1.86 bits per heavy atom. The van der Waals surface area contributed by atoms with E-state index >= 15 is 0 Å². The van der Waals surface area contributed by atoms with E-state index < -0.39 is 10.8 Å². The van der Waals surface area contributed by atoms with E-state index in [2.05, 4.69) is 4.99 Å².